The molecule has 0 radical (unpaired) electrons. The molecule has 0 aliphatic rings. The van der Waals surface area contributed by atoms with Crippen molar-refractivity contribution in [2.24, 2.45) is 5.73 Å². The number of carbonyl (C=O) groups is 1. The van der Waals surface area contributed by atoms with Crippen LogP contribution in [0.15, 0.2) is 35.7 Å². The number of H-pyrrole nitrogens is 1. The van der Waals surface area contributed by atoms with Crippen molar-refractivity contribution in [3.63, 3.8) is 0 Å². The van der Waals surface area contributed by atoms with Gasteiger partial charge in [0.05, 0.1) is 29.5 Å². The lowest BCUT2D eigenvalue weighted by Crippen LogP contribution is -2.33. The van der Waals surface area contributed by atoms with Gasteiger partial charge in [0, 0.05) is 23.2 Å². The van der Waals surface area contributed by atoms with Crippen molar-refractivity contribution in [3.8, 4) is 11.3 Å². The van der Waals surface area contributed by atoms with E-state index in [1.165, 1.54) is 6.07 Å². The SMILES string of the molecule is NC[C@@H](NC(=O)c1ccc(-c2ccc(C(F)(F)F)cc2C(F)(F)F)[nH]1)c1nc(CO)cs1. The Morgan fingerprint density at radius 1 is 1.16 bits per heavy atom. The van der Waals surface area contributed by atoms with E-state index in [0.717, 1.165) is 17.4 Å². The van der Waals surface area contributed by atoms with Crippen LogP contribution in [0, 0.1) is 0 Å². The number of carbonyl (C=O) groups excluding carboxylic acids is 1. The first-order valence-electron chi connectivity index (χ1n) is 8.98. The first-order valence-corrected chi connectivity index (χ1v) is 9.86. The highest BCUT2D eigenvalue weighted by atomic mass is 32.1. The van der Waals surface area contributed by atoms with Gasteiger partial charge in [-0.1, -0.05) is 6.07 Å². The minimum absolute atomic E-state index is 0.0293. The lowest BCUT2D eigenvalue weighted by Gasteiger charge is -2.15. The number of aromatic nitrogens is 2. The third-order valence-corrected chi connectivity index (χ3v) is 5.45. The maximum Gasteiger partial charge on any atom is 0.417 e. The Kier molecular flexibility index (Phi) is 6.62. The number of amides is 1. The van der Waals surface area contributed by atoms with E-state index in [1.807, 2.05) is 0 Å². The van der Waals surface area contributed by atoms with Crippen LogP contribution in [0.2, 0.25) is 0 Å². The summed E-state index contributed by atoms with van der Waals surface area (Å²) in [5.74, 6) is -0.701. The quantitative estimate of drug-likeness (QED) is 0.401. The lowest BCUT2D eigenvalue weighted by atomic mass is 10.0. The summed E-state index contributed by atoms with van der Waals surface area (Å²) >= 11 is 1.16. The van der Waals surface area contributed by atoms with Crippen molar-refractivity contribution >= 4 is 17.2 Å². The van der Waals surface area contributed by atoms with E-state index in [4.69, 9.17) is 10.8 Å². The molecule has 0 fully saturated rings. The molecule has 0 bridgehead atoms. The van der Waals surface area contributed by atoms with Gasteiger partial charge in [-0.3, -0.25) is 4.79 Å². The van der Waals surface area contributed by atoms with Gasteiger partial charge in [0.1, 0.15) is 10.7 Å². The van der Waals surface area contributed by atoms with E-state index in [-0.39, 0.29) is 30.6 Å². The number of rotatable bonds is 6. The van der Waals surface area contributed by atoms with Crippen LogP contribution in [-0.4, -0.2) is 27.5 Å². The number of benzene rings is 1. The highest BCUT2D eigenvalue weighted by Crippen LogP contribution is 2.40. The first-order chi connectivity index (χ1) is 14.9. The van der Waals surface area contributed by atoms with Crippen LogP contribution >= 0.6 is 11.3 Å². The molecule has 0 spiro atoms. The molecule has 32 heavy (non-hydrogen) atoms. The molecule has 0 saturated carbocycles. The monoisotopic (exact) mass is 478 g/mol. The highest BCUT2D eigenvalue weighted by Gasteiger charge is 2.38. The van der Waals surface area contributed by atoms with Gasteiger partial charge in [0.15, 0.2) is 0 Å². The lowest BCUT2D eigenvalue weighted by molar-refractivity contribution is -0.142. The number of hydrogen-bond donors (Lipinski definition) is 4. The predicted molar refractivity (Wildman–Crippen MR) is 104 cm³/mol. The summed E-state index contributed by atoms with van der Waals surface area (Å²) in [7, 11) is 0. The van der Waals surface area contributed by atoms with E-state index in [2.05, 4.69) is 15.3 Å². The van der Waals surface area contributed by atoms with Crippen LogP contribution in [0.5, 0.6) is 0 Å². The molecular formula is C19H16F6N4O2S. The van der Waals surface area contributed by atoms with Gasteiger partial charge >= 0.3 is 12.4 Å². The minimum Gasteiger partial charge on any atom is -0.390 e. The fourth-order valence-electron chi connectivity index (χ4n) is 2.89. The zero-order valence-electron chi connectivity index (χ0n) is 16.0. The number of hydrogen-bond acceptors (Lipinski definition) is 5. The number of thiazole rings is 1. The van der Waals surface area contributed by atoms with E-state index in [0.29, 0.717) is 22.8 Å². The molecule has 3 rings (SSSR count). The molecule has 13 heteroatoms. The minimum atomic E-state index is -5.05. The molecule has 0 unspecified atom stereocenters. The van der Waals surface area contributed by atoms with Gasteiger partial charge in [0.25, 0.3) is 5.91 Å². The highest BCUT2D eigenvalue weighted by molar-refractivity contribution is 7.09. The van der Waals surface area contributed by atoms with Crippen molar-refractivity contribution in [1.82, 2.24) is 15.3 Å². The molecule has 1 amide bonds. The Bertz CT molecular complexity index is 1110. The number of aromatic amines is 1. The van der Waals surface area contributed by atoms with Crippen molar-refractivity contribution in [1.29, 1.82) is 0 Å². The largest absolute Gasteiger partial charge is 0.417 e. The molecule has 0 saturated heterocycles. The Hall–Kier alpha value is -2.90. The summed E-state index contributed by atoms with van der Waals surface area (Å²) in [5.41, 5.74) is 2.29. The summed E-state index contributed by atoms with van der Waals surface area (Å²) in [6.07, 6.45) is -9.99. The van der Waals surface area contributed by atoms with Gasteiger partial charge in [-0.2, -0.15) is 26.3 Å². The second kappa shape index (κ2) is 8.92. The number of aliphatic hydroxyl groups excluding tert-OH is 1. The van der Waals surface area contributed by atoms with Crippen LogP contribution < -0.4 is 11.1 Å². The van der Waals surface area contributed by atoms with Gasteiger partial charge in [-0.15, -0.1) is 11.3 Å². The van der Waals surface area contributed by atoms with Crippen molar-refractivity contribution in [2.75, 3.05) is 6.54 Å². The van der Waals surface area contributed by atoms with Crippen LogP contribution in [0.4, 0.5) is 26.3 Å². The van der Waals surface area contributed by atoms with Gasteiger partial charge in [-0.25, -0.2) is 4.98 Å². The van der Waals surface area contributed by atoms with Crippen LogP contribution in [0.25, 0.3) is 11.3 Å². The molecule has 1 atom stereocenters. The molecule has 0 aliphatic carbocycles. The van der Waals surface area contributed by atoms with Crippen LogP contribution in [-0.2, 0) is 19.0 Å². The Morgan fingerprint density at radius 2 is 1.88 bits per heavy atom. The molecule has 3 aromatic rings. The van der Waals surface area contributed by atoms with Gasteiger partial charge < -0.3 is 21.1 Å². The molecule has 172 valence electrons. The predicted octanol–water partition coefficient (Wildman–Crippen LogP) is 4.10. The maximum absolute atomic E-state index is 13.4. The second-order valence-corrected chi connectivity index (χ2v) is 7.53. The standard InChI is InChI=1S/C19H16F6N4O2S/c20-18(21,22)9-1-2-11(12(5-9)19(23,24)25)13-3-4-14(28-13)16(31)29-15(6-26)17-27-10(7-30)8-32-17/h1-5,8,15,28,30H,6-7,26H2,(H,29,31)/t15-/m1/s1. The Balaban J connectivity index is 1.88. The normalized spacial score (nSPS) is 13.2. The molecule has 0 aliphatic heterocycles. The zero-order chi connectivity index (χ0) is 23.7. The Labute approximate surface area is 181 Å². The second-order valence-electron chi connectivity index (χ2n) is 6.64. The van der Waals surface area contributed by atoms with E-state index in [1.54, 1.807) is 5.38 Å². The molecule has 2 heterocycles. The number of nitrogens with one attached hydrogen (secondary N) is 2. The molecule has 2 aromatic heterocycles. The zero-order valence-corrected chi connectivity index (χ0v) is 16.8. The fourth-order valence-corrected chi connectivity index (χ4v) is 3.76. The van der Waals surface area contributed by atoms with E-state index < -0.39 is 41.0 Å². The van der Waals surface area contributed by atoms with Crippen LogP contribution in [0.1, 0.15) is 38.4 Å². The number of nitrogens with two attached hydrogens (primary N) is 1. The van der Waals surface area contributed by atoms with Gasteiger partial charge in [-0.05, 0) is 24.3 Å². The summed E-state index contributed by atoms with van der Waals surface area (Å²) in [6.45, 7) is -0.328. The average molecular weight is 478 g/mol. The van der Waals surface area contributed by atoms with Gasteiger partial charge in [0.2, 0.25) is 0 Å². The molecular weight excluding hydrogens is 462 g/mol. The third kappa shape index (κ3) is 5.11. The third-order valence-electron chi connectivity index (χ3n) is 4.44. The number of alkyl halides is 6. The van der Waals surface area contributed by atoms with E-state index in [9.17, 15) is 31.1 Å². The number of nitrogens with zero attached hydrogens (tertiary/aromatic N) is 1. The van der Waals surface area contributed by atoms with Crippen molar-refractivity contribution in [3.05, 3.63) is 63.2 Å². The smallest absolute Gasteiger partial charge is 0.390 e. The molecule has 6 nitrogen and oxygen atoms in total. The number of halogens is 6. The Morgan fingerprint density at radius 3 is 2.44 bits per heavy atom. The maximum atomic E-state index is 13.4. The summed E-state index contributed by atoms with van der Waals surface area (Å²) in [6, 6.07) is 2.93. The topological polar surface area (TPSA) is 104 Å². The van der Waals surface area contributed by atoms with E-state index >= 15 is 0 Å². The van der Waals surface area contributed by atoms with Crippen LogP contribution in [0.3, 0.4) is 0 Å². The first kappa shape index (κ1) is 23.8. The summed E-state index contributed by atoms with van der Waals surface area (Å²) in [4.78, 5) is 19.2. The summed E-state index contributed by atoms with van der Waals surface area (Å²) in [5, 5.41) is 13.7. The van der Waals surface area contributed by atoms with Crippen molar-refractivity contribution < 1.29 is 36.2 Å². The average Bonchev–Trinajstić information content (AvgIpc) is 3.40. The molecule has 1 aromatic carbocycles. The summed E-state index contributed by atoms with van der Waals surface area (Å²) < 4.78 is 78.8. The van der Waals surface area contributed by atoms with Crippen molar-refractivity contribution in [2.45, 2.75) is 25.0 Å². The number of aliphatic hydroxyl groups is 1. The molecule has 5 N–H and O–H groups in total. The fraction of sp³-hybridized carbons (Fsp3) is 0.263.